The number of hydrogen-bond donors (Lipinski definition) is 4. The van der Waals surface area contributed by atoms with Gasteiger partial charge in [0.15, 0.2) is 5.96 Å². The number of benzene rings is 1. The van der Waals surface area contributed by atoms with E-state index in [0.29, 0.717) is 19.4 Å². The first-order chi connectivity index (χ1) is 12.2. The average molecular weight is 363 g/mol. The van der Waals surface area contributed by atoms with Crippen molar-refractivity contribution in [2.45, 2.75) is 18.9 Å². The Balaban J connectivity index is 0.000000265. The summed E-state index contributed by atoms with van der Waals surface area (Å²) in [4.78, 5) is 27.8. The second kappa shape index (κ2) is 9.74. The Kier molecular flexibility index (Phi) is 7.70. The van der Waals surface area contributed by atoms with Crippen LogP contribution in [0.4, 0.5) is 5.69 Å². The van der Waals surface area contributed by atoms with Gasteiger partial charge in [0.1, 0.15) is 6.04 Å². The van der Waals surface area contributed by atoms with Crippen molar-refractivity contribution in [3.63, 3.8) is 0 Å². The summed E-state index contributed by atoms with van der Waals surface area (Å²) in [6.07, 6.45) is 2.39. The topological polar surface area (TPSA) is 207 Å². The van der Waals surface area contributed by atoms with Crippen molar-refractivity contribution in [3.8, 4) is 5.75 Å². The van der Waals surface area contributed by atoms with Crippen LogP contribution in [0, 0.1) is 10.1 Å². The maximum absolute atomic E-state index is 11.3. The summed E-state index contributed by atoms with van der Waals surface area (Å²) in [7, 11) is 0. The average Bonchev–Trinajstić information content (AvgIpc) is 2.59. The summed E-state index contributed by atoms with van der Waals surface area (Å²) in [5.41, 5.74) is 15.4. The van der Waals surface area contributed by atoms with Crippen LogP contribution >= 0.6 is 0 Å². The van der Waals surface area contributed by atoms with Crippen LogP contribution in [0.3, 0.4) is 0 Å². The highest BCUT2D eigenvalue weighted by Gasteiger charge is 2.11. The smallest absolute Gasteiger partial charge is 0.320 e. The summed E-state index contributed by atoms with van der Waals surface area (Å²) in [6, 6.07) is 4.62. The van der Waals surface area contributed by atoms with Crippen molar-refractivity contribution in [1.29, 1.82) is 0 Å². The third-order valence-electron chi connectivity index (χ3n) is 3.19. The monoisotopic (exact) mass is 363 g/mol. The number of aliphatic imine (C=N–C) groups is 1. The zero-order valence-electron chi connectivity index (χ0n) is 13.7. The second-order valence-electron chi connectivity index (χ2n) is 5.13. The molecule has 11 heteroatoms. The van der Waals surface area contributed by atoms with Crippen molar-refractivity contribution in [2.24, 2.45) is 22.2 Å². The fraction of sp³-hybridized carbons (Fsp3) is 0.267. The molecule has 2 aromatic rings. The number of pyridine rings is 1. The molecule has 7 N–H and O–H groups in total. The lowest BCUT2D eigenvalue weighted by Gasteiger charge is -2.08. The highest BCUT2D eigenvalue weighted by atomic mass is 16.6. The molecule has 1 atom stereocenters. The number of aliphatic carboxylic acids is 1. The lowest BCUT2D eigenvalue weighted by Crippen LogP contribution is -2.30. The largest absolute Gasteiger partial charge is 0.871 e. The molecule has 0 saturated heterocycles. The Labute approximate surface area is 148 Å². The van der Waals surface area contributed by atoms with Crippen LogP contribution in [0.5, 0.6) is 5.75 Å². The molecule has 0 fully saturated rings. The van der Waals surface area contributed by atoms with E-state index in [1.54, 1.807) is 6.07 Å². The molecule has 0 aliphatic rings. The highest BCUT2D eigenvalue weighted by Crippen LogP contribution is 2.28. The normalized spacial score (nSPS) is 11.1. The molecule has 26 heavy (non-hydrogen) atoms. The number of nitrogens with two attached hydrogens (primary N) is 3. The van der Waals surface area contributed by atoms with Crippen LogP contribution < -0.4 is 22.3 Å². The van der Waals surface area contributed by atoms with Crippen LogP contribution in [0.15, 0.2) is 35.5 Å². The molecular weight excluding hydrogens is 344 g/mol. The van der Waals surface area contributed by atoms with E-state index < -0.39 is 16.9 Å². The molecule has 0 unspecified atom stereocenters. The second-order valence-corrected chi connectivity index (χ2v) is 5.13. The van der Waals surface area contributed by atoms with E-state index in [1.807, 2.05) is 0 Å². The molecule has 0 radical (unpaired) electrons. The van der Waals surface area contributed by atoms with Crippen molar-refractivity contribution < 1.29 is 19.9 Å². The Morgan fingerprint density at radius 2 is 2.04 bits per heavy atom. The molecule has 1 aromatic heterocycles. The van der Waals surface area contributed by atoms with Crippen LogP contribution in [0.25, 0.3) is 10.9 Å². The van der Waals surface area contributed by atoms with E-state index in [0.717, 1.165) is 6.07 Å². The van der Waals surface area contributed by atoms with Gasteiger partial charge in [-0.1, -0.05) is 11.8 Å². The van der Waals surface area contributed by atoms with Gasteiger partial charge in [0.2, 0.25) is 0 Å². The lowest BCUT2D eigenvalue weighted by molar-refractivity contribution is -0.383. The van der Waals surface area contributed by atoms with Crippen molar-refractivity contribution in [1.82, 2.24) is 4.98 Å². The van der Waals surface area contributed by atoms with Crippen LogP contribution in [0.2, 0.25) is 0 Å². The number of carboxylic acids is 1. The first kappa shape index (κ1) is 20.6. The minimum atomic E-state index is -1.00. The van der Waals surface area contributed by atoms with E-state index >= 15 is 0 Å². The molecule has 140 valence electrons. The Bertz CT molecular complexity index is 806. The van der Waals surface area contributed by atoms with Gasteiger partial charge < -0.3 is 27.4 Å². The molecule has 2 rings (SSSR count). The molecule has 1 heterocycles. The molecule has 0 saturated carbocycles. The van der Waals surface area contributed by atoms with Gasteiger partial charge in [-0.15, -0.1) is 0 Å². The zero-order chi connectivity index (χ0) is 19.7. The van der Waals surface area contributed by atoms with Gasteiger partial charge in [0.05, 0.1) is 15.8 Å². The predicted octanol–water partition coefficient (Wildman–Crippen LogP) is -0.331. The maximum atomic E-state index is 11.3. The number of carboxylic acid groups (broad SMARTS) is 1. The van der Waals surface area contributed by atoms with Crippen molar-refractivity contribution in [2.75, 3.05) is 6.54 Å². The Morgan fingerprint density at radius 1 is 1.35 bits per heavy atom. The molecule has 1 aromatic carbocycles. The van der Waals surface area contributed by atoms with Gasteiger partial charge in [0, 0.05) is 18.8 Å². The van der Waals surface area contributed by atoms with E-state index in [4.69, 9.17) is 22.3 Å². The van der Waals surface area contributed by atoms with E-state index in [1.165, 1.54) is 18.3 Å². The van der Waals surface area contributed by atoms with Gasteiger partial charge in [-0.2, -0.15) is 0 Å². The summed E-state index contributed by atoms with van der Waals surface area (Å²) in [6.45, 7) is 0.420. The SMILES string of the molecule is NC(N)=NCCC[C@H](N)C(=O)O.O=[N+]([O-])c1ccc([O-])c2ncccc12. The number of rotatable bonds is 6. The quantitative estimate of drug-likeness (QED) is 0.174. The molecule has 0 aliphatic carbocycles. The molecule has 0 bridgehead atoms. The number of guanidine groups is 1. The highest BCUT2D eigenvalue weighted by molar-refractivity contribution is 5.91. The summed E-state index contributed by atoms with van der Waals surface area (Å²) in [5.74, 6) is -1.29. The number of nitro groups is 1. The first-order valence-corrected chi connectivity index (χ1v) is 7.47. The lowest BCUT2D eigenvalue weighted by atomic mass is 10.2. The van der Waals surface area contributed by atoms with Gasteiger partial charge in [0.25, 0.3) is 5.69 Å². The zero-order valence-corrected chi connectivity index (χ0v) is 13.7. The Hall–Kier alpha value is -3.47. The van der Waals surface area contributed by atoms with Gasteiger partial charge >= 0.3 is 5.97 Å². The third kappa shape index (κ3) is 6.20. The molecule has 0 amide bonds. The molecule has 0 spiro atoms. The van der Waals surface area contributed by atoms with Crippen molar-refractivity contribution in [3.05, 3.63) is 40.6 Å². The molecule has 11 nitrogen and oxygen atoms in total. The van der Waals surface area contributed by atoms with Gasteiger partial charge in [-0.25, -0.2) is 0 Å². The van der Waals surface area contributed by atoms with Gasteiger partial charge in [-0.05, 0) is 25.0 Å². The number of hydrogen-bond acceptors (Lipinski definition) is 7. The first-order valence-electron chi connectivity index (χ1n) is 7.47. The third-order valence-corrected chi connectivity index (χ3v) is 3.19. The molecule has 0 aliphatic heterocycles. The van der Waals surface area contributed by atoms with Crippen LogP contribution in [-0.4, -0.2) is 39.5 Å². The standard InChI is InChI=1S/C9H6N2O3.C6H14N4O2/c12-8-4-3-7(11(13)14)6-2-1-5-10-9(6)8;7-4(5(11)12)2-1-3-10-6(8)9/h1-5,12H;4H,1-3,7H2,(H,11,12)(H4,8,9,10)/p-1/t;4-/m.0/s1. The molecular formula is C15H19N6O5-. The van der Waals surface area contributed by atoms with Crippen molar-refractivity contribution >= 4 is 28.5 Å². The van der Waals surface area contributed by atoms with E-state index in [9.17, 15) is 20.0 Å². The van der Waals surface area contributed by atoms with Gasteiger partial charge in [-0.3, -0.25) is 24.9 Å². The minimum Gasteiger partial charge on any atom is -0.871 e. The van der Waals surface area contributed by atoms with E-state index in [-0.39, 0.29) is 28.3 Å². The maximum Gasteiger partial charge on any atom is 0.320 e. The Morgan fingerprint density at radius 3 is 2.62 bits per heavy atom. The number of carbonyl (C=O) groups is 1. The van der Waals surface area contributed by atoms with Crippen LogP contribution in [-0.2, 0) is 4.79 Å². The number of non-ortho nitro benzene ring substituents is 1. The number of fused-ring (bicyclic) bond motifs is 1. The summed E-state index contributed by atoms with van der Waals surface area (Å²) >= 11 is 0. The fourth-order valence-corrected chi connectivity index (χ4v) is 1.93. The minimum absolute atomic E-state index is 0.0129. The summed E-state index contributed by atoms with van der Waals surface area (Å²) < 4.78 is 0. The fourth-order valence-electron chi connectivity index (χ4n) is 1.93. The summed E-state index contributed by atoms with van der Waals surface area (Å²) in [5, 5.41) is 30.5. The predicted molar refractivity (Wildman–Crippen MR) is 93.4 cm³/mol. The number of nitro benzene ring substituents is 1. The van der Waals surface area contributed by atoms with E-state index in [2.05, 4.69) is 9.98 Å². The number of nitrogens with zero attached hydrogens (tertiary/aromatic N) is 3. The number of aromatic nitrogens is 1. The van der Waals surface area contributed by atoms with Crippen LogP contribution in [0.1, 0.15) is 12.8 Å².